The Labute approximate surface area is 126 Å². The third-order valence-corrected chi connectivity index (χ3v) is 3.78. The van der Waals surface area contributed by atoms with Gasteiger partial charge >= 0.3 is 0 Å². The molecule has 0 unspecified atom stereocenters. The molecule has 1 fully saturated rings. The number of hydrogen-bond acceptors (Lipinski definition) is 5. The number of aromatic nitrogens is 1. The lowest BCUT2D eigenvalue weighted by Crippen LogP contribution is -2.43. The summed E-state index contributed by atoms with van der Waals surface area (Å²) in [6, 6.07) is 5.52. The van der Waals surface area contributed by atoms with Crippen LogP contribution < -0.4 is 16.2 Å². The van der Waals surface area contributed by atoms with Crippen molar-refractivity contribution in [2.45, 2.75) is 19.8 Å². The molecule has 0 saturated carbocycles. The normalized spacial score (nSPS) is 15.9. The lowest BCUT2D eigenvalue weighted by Gasteiger charge is -2.28. The highest BCUT2D eigenvalue weighted by Crippen LogP contribution is 2.13. The van der Waals surface area contributed by atoms with Crippen molar-refractivity contribution in [1.82, 2.24) is 20.6 Å². The van der Waals surface area contributed by atoms with Crippen LogP contribution in [0.1, 0.15) is 19.8 Å². The molecule has 1 amide bonds. The average molecular weight is 291 g/mol. The van der Waals surface area contributed by atoms with Crippen molar-refractivity contribution in [2.24, 2.45) is 5.92 Å². The van der Waals surface area contributed by atoms with Gasteiger partial charge in [-0.25, -0.2) is 4.98 Å². The van der Waals surface area contributed by atoms with Crippen molar-refractivity contribution < 1.29 is 4.79 Å². The minimum absolute atomic E-state index is 0.0311. The topological polar surface area (TPSA) is 69.3 Å². The number of nitrogens with zero attached hydrogens (tertiary/aromatic N) is 2. The highest BCUT2D eigenvalue weighted by atomic mass is 16.2. The Bertz CT molecular complexity index is 419. The van der Waals surface area contributed by atoms with Crippen LogP contribution in [0.2, 0.25) is 0 Å². The van der Waals surface area contributed by atoms with Gasteiger partial charge in [-0.15, -0.1) is 0 Å². The first-order valence-electron chi connectivity index (χ1n) is 7.67. The predicted octanol–water partition coefficient (Wildman–Crippen LogP) is 0.846. The van der Waals surface area contributed by atoms with Gasteiger partial charge in [0.15, 0.2) is 0 Å². The zero-order valence-corrected chi connectivity index (χ0v) is 12.6. The van der Waals surface area contributed by atoms with Crippen molar-refractivity contribution >= 4 is 11.7 Å². The first kappa shape index (κ1) is 15.7. The first-order valence-corrected chi connectivity index (χ1v) is 7.67. The molecule has 0 atom stereocenters. The van der Waals surface area contributed by atoms with Crippen molar-refractivity contribution in [1.29, 1.82) is 0 Å². The SMILES string of the molecule is CCN(CC(=O)NNc1ccccn1)CC1CCNCC1. The molecule has 21 heavy (non-hydrogen) atoms. The summed E-state index contributed by atoms with van der Waals surface area (Å²) in [7, 11) is 0. The lowest BCUT2D eigenvalue weighted by atomic mass is 9.97. The number of hydrogen-bond donors (Lipinski definition) is 3. The molecule has 0 spiro atoms. The van der Waals surface area contributed by atoms with Crippen molar-refractivity contribution in [3.63, 3.8) is 0 Å². The summed E-state index contributed by atoms with van der Waals surface area (Å²) in [5.41, 5.74) is 5.53. The molecule has 1 aromatic rings. The molecule has 0 bridgehead atoms. The maximum atomic E-state index is 12.0. The Morgan fingerprint density at radius 2 is 2.24 bits per heavy atom. The summed E-state index contributed by atoms with van der Waals surface area (Å²) in [4.78, 5) is 18.3. The van der Waals surface area contributed by atoms with E-state index < -0.39 is 0 Å². The molecule has 3 N–H and O–H groups in total. The van der Waals surface area contributed by atoms with E-state index in [9.17, 15) is 4.79 Å². The van der Waals surface area contributed by atoms with Gasteiger partial charge in [-0.3, -0.25) is 20.5 Å². The van der Waals surface area contributed by atoms with Gasteiger partial charge < -0.3 is 5.32 Å². The van der Waals surface area contributed by atoms with Gasteiger partial charge in [0, 0.05) is 12.7 Å². The quantitative estimate of drug-likeness (QED) is 0.650. The van der Waals surface area contributed by atoms with Gasteiger partial charge in [-0.05, 0) is 50.5 Å². The Morgan fingerprint density at radius 1 is 1.43 bits per heavy atom. The Hall–Kier alpha value is -1.66. The molecule has 6 nitrogen and oxygen atoms in total. The smallest absolute Gasteiger partial charge is 0.252 e. The maximum absolute atomic E-state index is 12.0. The van der Waals surface area contributed by atoms with Crippen LogP contribution in [0.5, 0.6) is 0 Å². The molecular formula is C15H25N5O. The third-order valence-electron chi connectivity index (χ3n) is 3.78. The molecule has 2 heterocycles. The summed E-state index contributed by atoms with van der Waals surface area (Å²) < 4.78 is 0. The lowest BCUT2D eigenvalue weighted by molar-refractivity contribution is -0.121. The minimum atomic E-state index is -0.0311. The predicted molar refractivity (Wildman–Crippen MR) is 83.7 cm³/mol. The fourth-order valence-electron chi connectivity index (χ4n) is 2.55. The zero-order chi connectivity index (χ0) is 14.9. The number of piperidine rings is 1. The van der Waals surface area contributed by atoms with E-state index in [0.717, 1.165) is 26.2 Å². The van der Waals surface area contributed by atoms with E-state index in [1.54, 1.807) is 6.20 Å². The van der Waals surface area contributed by atoms with E-state index in [2.05, 4.69) is 33.0 Å². The number of anilines is 1. The number of carbonyl (C=O) groups is 1. The Morgan fingerprint density at radius 3 is 2.90 bits per heavy atom. The number of carbonyl (C=O) groups excluding carboxylic acids is 1. The number of likely N-dealkylation sites (N-methyl/N-ethyl adjacent to an activating group) is 1. The van der Waals surface area contributed by atoms with Crippen LogP contribution in [-0.2, 0) is 4.79 Å². The standard InChI is InChI=1S/C15H25N5O/c1-2-20(11-13-6-9-16-10-7-13)12-15(21)19-18-14-5-3-4-8-17-14/h3-5,8,13,16H,2,6-7,9-12H2,1H3,(H,17,18)(H,19,21). The van der Waals surface area contributed by atoms with Crippen LogP contribution in [-0.4, -0.2) is 48.5 Å². The van der Waals surface area contributed by atoms with Gasteiger partial charge in [-0.1, -0.05) is 13.0 Å². The van der Waals surface area contributed by atoms with Crippen molar-refractivity contribution in [3.8, 4) is 0 Å². The molecule has 6 heteroatoms. The summed E-state index contributed by atoms with van der Waals surface area (Å²) in [5, 5.41) is 3.37. The second-order valence-corrected chi connectivity index (χ2v) is 5.41. The van der Waals surface area contributed by atoms with Gasteiger partial charge in [0.25, 0.3) is 5.91 Å². The molecule has 116 valence electrons. The number of amides is 1. The number of hydrazine groups is 1. The second kappa shape index (κ2) is 8.59. The zero-order valence-electron chi connectivity index (χ0n) is 12.6. The van der Waals surface area contributed by atoms with Crippen LogP contribution in [0.25, 0.3) is 0 Å². The molecular weight excluding hydrogens is 266 g/mol. The van der Waals surface area contributed by atoms with E-state index in [1.807, 2.05) is 18.2 Å². The molecule has 0 aliphatic carbocycles. The van der Waals surface area contributed by atoms with Crippen molar-refractivity contribution in [2.75, 3.05) is 38.1 Å². The monoisotopic (exact) mass is 291 g/mol. The third kappa shape index (κ3) is 5.69. The molecule has 0 aromatic carbocycles. The maximum Gasteiger partial charge on any atom is 0.252 e. The fourth-order valence-corrected chi connectivity index (χ4v) is 2.55. The van der Waals surface area contributed by atoms with E-state index >= 15 is 0 Å². The van der Waals surface area contributed by atoms with Crippen LogP contribution in [0.4, 0.5) is 5.82 Å². The van der Waals surface area contributed by atoms with E-state index in [1.165, 1.54) is 12.8 Å². The molecule has 1 aliphatic rings. The Kier molecular flexibility index (Phi) is 6.43. The molecule has 0 radical (unpaired) electrons. The molecule has 1 saturated heterocycles. The number of pyridine rings is 1. The van der Waals surface area contributed by atoms with Crippen LogP contribution in [0.15, 0.2) is 24.4 Å². The Balaban J connectivity index is 1.71. The second-order valence-electron chi connectivity index (χ2n) is 5.41. The molecule has 1 aromatic heterocycles. The van der Waals surface area contributed by atoms with Crippen molar-refractivity contribution in [3.05, 3.63) is 24.4 Å². The summed E-state index contributed by atoms with van der Waals surface area (Å²) >= 11 is 0. The average Bonchev–Trinajstić information content (AvgIpc) is 2.54. The first-order chi connectivity index (χ1) is 10.3. The van der Waals surface area contributed by atoms with E-state index in [0.29, 0.717) is 18.3 Å². The summed E-state index contributed by atoms with van der Waals surface area (Å²) in [6.45, 7) is 6.59. The van der Waals surface area contributed by atoms with E-state index in [-0.39, 0.29) is 5.91 Å². The molecule has 1 aliphatic heterocycles. The summed E-state index contributed by atoms with van der Waals surface area (Å²) in [6.07, 6.45) is 4.08. The number of nitrogens with one attached hydrogen (secondary N) is 3. The van der Waals surface area contributed by atoms with Crippen LogP contribution in [0, 0.1) is 5.92 Å². The molecule has 2 rings (SSSR count). The fraction of sp³-hybridized carbons (Fsp3) is 0.600. The highest BCUT2D eigenvalue weighted by Gasteiger charge is 2.17. The largest absolute Gasteiger partial charge is 0.317 e. The van der Waals surface area contributed by atoms with Gasteiger partial charge in [0.05, 0.1) is 6.54 Å². The number of rotatable bonds is 7. The van der Waals surface area contributed by atoms with Crippen LogP contribution in [0.3, 0.4) is 0 Å². The van der Waals surface area contributed by atoms with Gasteiger partial charge in [-0.2, -0.15) is 0 Å². The van der Waals surface area contributed by atoms with Crippen LogP contribution >= 0.6 is 0 Å². The summed E-state index contributed by atoms with van der Waals surface area (Å²) in [5.74, 6) is 1.31. The highest BCUT2D eigenvalue weighted by molar-refractivity contribution is 5.79. The van der Waals surface area contributed by atoms with E-state index in [4.69, 9.17) is 0 Å². The van der Waals surface area contributed by atoms with Gasteiger partial charge in [0.2, 0.25) is 0 Å². The van der Waals surface area contributed by atoms with Gasteiger partial charge in [0.1, 0.15) is 5.82 Å². The minimum Gasteiger partial charge on any atom is -0.317 e.